The monoisotopic (exact) mass is 473 g/mol. The second-order valence-corrected chi connectivity index (χ2v) is 9.06. The summed E-state index contributed by atoms with van der Waals surface area (Å²) >= 11 is 6.46. The SMILES string of the molecule is COc1ccc(C(=O)N2CCN(C)CC2)cc1NC(=O)C=Cc1c(C)nn(CC(C)C)c1Cl. The summed E-state index contributed by atoms with van der Waals surface area (Å²) in [5.74, 6) is 0.460. The van der Waals surface area contributed by atoms with Gasteiger partial charge in [0, 0.05) is 49.9 Å². The second-order valence-electron chi connectivity index (χ2n) is 8.70. The van der Waals surface area contributed by atoms with Gasteiger partial charge < -0.3 is 19.9 Å². The molecule has 0 spiro atoms. The molecule has 8 nitrogen and oxygen atoms in total. The maximum atomic E-state index is 12.9. The number of piperazine rings is 1. The number of rotatable bonds is 7. The van der Waals surface area contributed by atoms with Gasteiger partial charge in [0.25, 0.3) is 5.91 Å². The molecule has 2 amide bonds. The molecule has 2 aromatic rings. The number of anilines is 1. The number of methoxy groups -OCH3 is 1. The lowest BCUT2D eigenvalue weighted by atomic mass is 10.1. The smallest absolute Gasteiger partial charge is 0.254 e. The van der Waals surface area contributed by atoms with Crippen LogP contribution in [0.25, 0.3) is 6.08 Å². The van der Waals surface area contributed by atoms with E-state index in [0.717, 1.165) is 18.8 Å². The Morgan fingerprint density at radius 3 is 2.58 bits per heavy atom. The zero-order valence-electron chi connectivity index (χ0n) is 19.9. The number of nitrogens with zero attached hydrogens (tertiary/aromatic N) is 4. The van der Waals surface area contributed by atoms with Gasteiger partial charge in [0.1, 0.15) is 10.9 Å². The minimum atomic E-state index is -0.357. The number of aryl methyl sites for hydroxylation is 1. The van der Waals surface area contributed by atoms with Crippen LogP contribution >= 0.6 is 11.6 Å². The van der Waals surface area contributed by atoms with Crippen LogP contribution in [0.5, 0.6) is 5.75 Å². The third-order valence-electron chi connectivity index (χ3n) is 5.54. The van der Waals surface area contributed by atoms with Gasteiger partial charge in [0.2, 0.25) is 5.91 Å². The van der Waals surface area contributed by atoms with Crippen LogP contribution in [-0.4, -0.2) is 71.7 Å². The summed E-state index contributed by atoms with van der Waals surface area (Å²) in [6, 6.07) is 5.07. The molecular formula is C24H32ClN5O3. The first kappa shape index (κ1) is 24.8. The highest BCUT2D eigenvalue weighted by Gasteiger charge is 2.21. The summed E-state index contributed by atoms with van der Waals surface area (Å²) < 4.78 is 7.12. The Morgan fingerprint density at radius 2 is 1.94 bits per heavy atom. The zero-order valence-corrected chi connectivity index (χ0v) is 20.6. The fourth-order valence-corrected chi connectivity index (χ4v) is 3.99. The summed E-state index contributed by atoms with van der Waals surface area (Å²) in [7, 11) is 3.56. The van der Waals surface area contributed by atoms with Crippen LogP contribution in [0.15, 0.2) is 24.3 Å². The van der Waals surface area contributed by atoms with Gasteiger partial charge in [-0.3, -0.25) is 14.3 Å². The van der Waals surface area contributed by atoms with Crippen molar-refractivity contribution in [1.29, 1.82) is 0 Å². The lowest BCUT2D eigenvalue weighted by molar-refractivity contribution is -0.111. The first-order valence-electron chi connectivity index (χ1n) is 11.1. The maximum Gasteiger partial charge on any atom is 0.254 e. The summed E-state index contributed by atoms with van der Waals surface area (Å²) in [6.45, 7) is 9.77. The molecule has 1 aromatic carbocycles. The van der Waals surface area contributed by atoms with E-state index in [1.165, 1.54) is 13.2 Å². The van der Waals surface area contributed by atoms with Gasteiger partial charge in [-0.25, -0.2) is 0 Å². The third kappa shape index (κ3) is 6.15. The van der Waals surface area contributed by atoms with Gasteiger partial charge in [0.05, 0.1) is 18.5 Å². The van der Waals surface area contributed by atoms with Crippen LogP contribution in [-0.2, 0) is 11.3 Å². The Labute approximate surface area is 200 Å². The lowest BCUT2D eigenvalue weighted by Crippen LogP contribution is -2.47. The lowest BCUT2D eigenvalue weighted by Gasteiger charge is -2.32. The number of halogens is 1. The molecule has 1 aromatic heterocycles. The first-order valence-corrected chi connectivity index (χ1v) is 11.4. The number of hydrogen-bond acceptors (Lipinski definition) is 5. The topological polar surface area (TPSA) is 79.7 Å². The predicted molar refractivity (Wildman–Crippen MR) is 131 cm³/mol. The highest BCUT2D eigenvalue weighted by molar-refractivity contribution is 6.31. The van der Waals surface area contributed by atoms with Gasteiger partial charge in [0.15, 0.2) is 0 Å². The van der Waals surface area contributed by atoms with Crippen LogP contribution in [0.1, 0.15) is 35.5 Å². The normalized spacial score (nSPS) is 14.8. The van der Waals surface area contributed by atoms with Crippen molar-refractivity contribution >= 4 is 35.2 Å². The fourth-order valence-electron chi connectivity index (χ4n) is 3.69. The van der Waals surface area contributed by atoms with Gasteiger partial charge in [-0.15, -0.1) is 0 Å². The summed E-state index contributed by atoms with van der Waals surface area (Å²) in [5.41, 5.74) is 2.40. The van der Waals surface area contributed by atoms with Gasteiger partial charge in [-0.2, -0.15) is 5.10 Å². The number of aromatic nitrogens is 2. The highest BCUT2D eigenvalue weighted by atomic mass is 35.5. The Morgan fingerprint density at radius 1 is 1.24 bits per heavy atom. The Bertz CT molecular complexity index is 1040. The Hall–Kier alpha value is -2.84. The number of hydrogen-bond donors (Lipinski definition) is 1. The largest absolute Gasteiger partial charge is 0.495 e. The van der Waals surface area contributed by atoms with Crippen LogP contribution in [0.2, 0.25) is 5.15 Å². The van der Waals surface area contributed by atoms with Crippen molar-refractivity contribution in [3.8, 4) is 5.75 Å². The zero-order chi connectivity index (χ0) is 24.1. The van der Waals surface area contributed by atoms with Crippen molar-refractivity contribution in [3.05, 3.63) is 46.2 Å². The average molecular weight is 474 g/mol. The van der Waals surface area contributed by atoms with Crippen molar-refractivity contribution < 1.29 is 14.3 Å². The van der Waals surface area contributed by atoms with E-state index in [0.29, 0.717) is 53.3 Å². The quantitative estimate of drug-likeness (QED) is 0.622. The maximum absolute atomic E-state index is 12.9. The molecule has 0 atom stereocenters. The molecule has 0 unspecified atom stereocenters. The van der Waals surface area contributed by atoms with Crippen LogP contribution in [0.3, 0.4) is 0 Å². The van der Waals surface area contributed by atoms with E-state index in [2.05, 4.69) is 29.2 Å². The highest BCUT2D eigenvalue weighted by Crippen LogP contribution is 2.27. The standard InChI is InChI=1S/C24H32ClN5O3/c1-16(2)15-30-23(25)19(17(3)27-30)7-9-22(31)26-20-14-18(6-8-21(20)33-5)24(32)29-12-10-28(4)11-13-29/h6-9,14,16H,10-13,15H2,1-5H3,(H,26,31). The van der Waals surface area contributed by atoms with E-state index in [1.807, 2.05) is 18.9 Å². The molecule has 2 heterocycles. The van der Waals surface area contributed by atoms with Crippen molar-refractivity contribution in [2.75, 3.05) is 45.7 Å². The molecule has 0 bridgehead atoms. The number of ether oxygens (including phenoxy) is 1. The average Bonchev–Trinajstić information content (AvgIpc) is 3.04. The Kier molecular flexibility index (Phi) is 8.15. The summed E-state index contributed by atoms with van der Waals surface area (Å²) in [4.78, 5) is 29.6. The molecule has 33 heavy (non-hydrogen) atoms. The molecule has 1 aliphatic heterocycles. The van der Waals surface area contributed by atoms with Gasteiger partial charge in [-0.05, 0) is 44.2 Å². The molecule has 1 saturated heterocycles. The number of benzene rings is 1. The number of carbonyl (C=O) groups is 2. The van der Waals surface area contributed by atoms with E-state index in [4.69, 9.17) is 16.3 Å². The molecule has 1 aliphatic rings. The fraction of sp³-hybridized carbons (Fsp3) is 0.458. The van der Waals surface area contributed by atoms with Crippen LogP contribution in [0.4, 0.5) is 5.69 Å². The van der Waals surface area contributed by atoms with Gasteiger partial charge in [-0.1, -0.05) is 25.4 Å². The first-order chi connectivity index (χ1) is 15.7. The molecule has 1 fully saturated rings. The second kappa shape index (κ2) is 10.9. The molecular weight excluding hydrogens is 442 g/mol. The number of likely N-dealkylation sites (N-methyl/N-ethyl adjacent to an activating group) is 1. The number of nitrogens with one attached hydrogen (secondary N) is 1. The van der Waals surface area contributed by atoms with E-state index >= 15 is 0 Å². The number of amides is 2. The molecule has 9 heteroatoms. The summed E-state index contributed by atoms with van der Waals surface area (Å²) in [6.07, 6.45) is 3.06. The van der Waals surface area contributed by atoms with Crippen LogP contribution < -0.4 is 10.1 Å². The van der Waals surface area contributed by atoms with Crippen molar-refractivity contribution in [1.82, 2.24) is 19.6 Å². The third-order valence-corrected chi connectivity index (χ3v) is 5.94. The van der Waals surface area contributed by atoms with E-state index in [9.17, 15) is 9.59 Å². The summed E-state index contributed by atoms with van der Waals surface area (Å²) in [5, 5.41) is 7.77. The number of carbonyl (C=O) groups excluding carboxylic acids is 2. The minimum Gasteiger partial charge on any atom is -0.495 e. The van der Waals surface area contributed by atoms with Gasteiger partial charge >= 0.3 is 0 Å². The predicted octanol–water partition coefficient (Wildman–Crippen LogP) is 3.55. The van der Waals surface area contributed by atoms with Crippen molar-refractivity contribution in [3.63, 3.8) is 0 Å². The minimum absolute atomic E-state index is 0.0585. The van der Waals surface area contributed by atoms with Crippen LogP contribution in [0, 0.1) is 12.8 Å². The molecule has 0 radical (unpaired) electrons. The Balaban J connectivity index is 1.74. The van der Waals surface area contributed by atoms with E-state index in [-0.39, 0.29) is 11.8 Å². The molecule has 0 aliphatic carbocycles. The molecule has 3 rings (SSSR count). The molecule has 1 N–H and O–H groups in total. The van der Waals surface area contributed by atoms with Crippen molar-refractivity contribution in [2.45, 2.75) is 27.3 Å². The van der Waals surface area contributed by atoms with E-state index < -0.39 is 0 Å². The molecule has 178 valence electrons. The molecule has 0 saturated carbocycles. The van der Waals surface area contributed by atoms with Crippen molar-refractivity contribution in [2.24, 2.45) is 5.92 Å². The van der Waals surface area contributed by atoms with E-state index in [1.54, 1.807) is 29.0 Å².